The Hall–Kier alpha value is -3.74. The van der Waals surface area contributed by atoms with Gasteiger partial charge in [0.15, 0.2) is 0 Å². The molecule has 1 aromatic heterocycles. The molecule has 2 heterocycles. The Morgan fingerprint density at radius 3 is 2.50 bits per heavy atom. The van der Waals surface area contributed by atoms with E-state index in [1.807, 2.05) is 38.1 Å². The van der Waals surface area contributed by atoms with E-state index in [1.165, 1.54) is 24.3 Å². The molecule has 4 rings (SSSR count). The van der Waals surface area contributed by atoms with Crippen molar-refractivity contribution in [3.8, 4) is 11.6 Å². The van der Waals surface area contributed by atoms with Crippen molar-refractivity contribution in [3.05, 3.63) is 88.9 Å². The SMILES string of the molecule is Cc1cc(C)cc(C(=O)N2CCCC(C(=O)NCc3ccc(Oc4ccc(F)cc4)nc3)C2)c1. The number of carbonyl (C=O) groups is 2. The molecule has 1 fully saturated rings. The zero-order valence-electron chi connectivity index (χ0n) is 19.4. The minimum atomic E-state index is -0.331. The highest BCUT2D eigenvalue weighted by Crippen LogP contribution is 2.21. The van der Waals surface area contributed by atoms with Crippen molar-refractivity contribution >= 4 is 11.8 Å². The maximum Gasteiger partial charge on any atom is 0.253 e. The standard InChI is InChI=1S/C27H28FN3O3/c1-18-12-19(2)14-22(13-18)27(33)31-11-3-4-21(17-31)26(32)30-16-20-5-10-25(29-15-20)34-24-8-6-23(28)7-9-24/h5-10,12-15,21H,3-4,11,16-17H2,1-2H3,(H,30,32). The lowest BCUT2D eigenvalue weighted by atomic mass is 9.96. The van der Waals surface area contributed by atoms with Crippen molar-refractivity contribution in [2.24, 2.45) is 5.92 Å². The molecule has 1 unspecified atom stereocenters. The number of rotatable bonds is 6. The highest BCUT2D eigenvalue weighted by Gasteiger charge is 2.29. The second-order valence-corrected chi connectivity index (χ2v) is 8.75. The van der Waals surface area contributed by atoms with Gasteiger partial charge in [-0.1, -0.05) is 23.3 Å². The maximum atomic E-state index is 13.0. The lowest BCUT2D eigenvalue weighted by Gasteiger charge is -2.32. The number of benzene rings is 2. The fraction of sp³-hybridized carbons (Fsp3) is 0.296. The first kappa shape index (κ1) is 23.4. The van der Waals surface area contributed by atoms with Crippen LogP contribution in [0.5, 0.6) is 11.6 Å². The molecule has 1 aliphatic heterocycles. The summed E-state index contributed by atoms with van der Waals surface area (Å²) in [5.74, 6) is 0.219. The first-order valence-electron chi connectivity index (χ1n) is 11.4. The molecule has 0 spiro atoms. The van der Waals surface area contributed by atoms with Gasteiger partial charge in [0.1, 0.15) is 11.6 Å². The highest BCUT2D eigenvalue weighted by atomic mass is 19.1. The normalized spacial score (nSPS) is 15.6. The molecule has 0 aliphatic carbocycles. The van der Waals surface area contributed by atoms with E-state index in [0.29, 0.717) is 36.8 Å². The molecule has 2 amide bonds. The number of likely N-dealkylation sites (tertiary alicyclic amines) is 1. The van der Waals surface area contributed by atoms with Gasteiger partial charge in [0.2, 0.25) is 11.8 Å². The molecule has 6 nitrogen and oxygen atoms in total. The van der Waals surface area contributed by atoms with Crippen molar-refractivity contribution in [3.63, 3.8) is 0 Å². The highest BCUT2D eigenvalue weighted by molar-refractivity contribution is 5.95. The fourth-order valence-corrected chi connectivity index (χ4v) is 4.19. The summed E-state index contributed by atoms with van der Waals surface area (Å²) in [5.41, 5.74) is 3.61. The number of halogens is 1. The zero-order chi connectivity index (χ0) is 24.1. The Morgan fingerprint density at radius 1 is 1.09 bits per heavy atom. The molecular weight excluding hydrogens is 433 g/mol. The average molecular weight is 462 g/mol. The summed E-state index contributed by atoms with van der Waals surface area (Å²) in [6.45, 7) is 5.37. The number of ether oxygens (including phenoxy) is 1. The van der Waals surface area contributed by atoms with Gasteiger partial charge in [-0.25, -0.2) is 9.37 Å². The number of nitrogens with zero attached hydrogens (tertiary/aromatic N) is 2. The van der Waals surface area contributed by atoms with Crippen molar-refractivity contribution in [2.45, 2.75) is 33.2 Å². The van der Waals surface area contributed by atoms with Crippen molar-refractivity contribution < 1.29 is 18.7 Å². The number of nitrogens with one attached hydrogen (secondary N) is 1. The molecule has 0 saturated carbocycles. The number of aromatic nitrogens is 1. The van der Waals surface area contributed by atoms with Gasteiger partial charge in [0.05, 0.1) is 5.92 Å². The Morgan fingerprint density at radius 2 is 1.82 bits per heavy atom. The summed E-state index contributed by atoms with van der Waals surface area (Å²) in [4.78, 5) is 31.8. The van der Waals surface area contributed by atoms with E-state index in [0.717, 1.165) is 29.5 Å². The molecule has 1 N–H and O–H groups in total. The molecule has 3 aromatic rings. The van der Waals surface area contributed by atoms with Gasteiger partial charge >= 0.3 is 0 Å². The van der Waals surface area contributed by atoms with Crippen LogP contribution in [0.2, 0.25) is 0 Å². The van der Waals surface area contributed by atoms with Gasteiger partial charge in [-0.2, -0.15) is 0 Å². The van der Waals surface area contributed by atoms with Crippen molar-refractivity contribution in [1.29, 1.82) is 0 Å². The molecule has 1 atom stereocenters. The van der Waals surface area contributed by atoms with Crippen LogP contribution in [0.1, 0.15) is 39.9 Å². The van der Waals surface area contributed by atoms with Gasteiger partial charge in [-0.3, -0.25) is 9.59 Å². The van der Waals surface area contributed by atoms with Gasteiger partial charge in [0.25, 0.3) is 5.91 Å². The van der Waals surface area contributed by atoms with Gasteiger partial charge in [-0.05, 0) is 68.7 Å². The lowest BCUT2D eigenvalue weighted by Crippen LogP contribution is -2.45. The summed E-state index contributed by atoms with van der Waals surface area (Å²) in [6.07, 6.45) is 3.19. The maximum absolute atomic E-state index is 13.0. The Balaban J connectivity index is 1.30. The number of hydrogen-bond acceptors (Lipinski definition) is 4. The number of carbonyl (C=O) groups excluding carboxylic acids is 2. The van der Waals surface area contributed by atoms with Gasteiger partial charge in [0, 0.05) is 37.5 Å². The smallest absolute Gasteiger partial charge is 0.253 e. The topological polar surface area (TPSA) is 71.5 Å². The van der Waals surface area contributed by atoms with Crippen molar-refractivity contribution in [1.82, 2.24) is 15.2 Å². The van der Waals surface area contributed by atoms with E-state index >= 15 is 0 Å². The van der Waals surface area contributed by atoms with Crippen LogP contribution in [0.25, 0.3) is 0 Å². The summed E-state index contributed by atoms with van der Waals surface area (Å²) in [6, 6.07) is 15.1. The predicted octanol–water partition coefficient (Wildman–Crippen LogP) is 4.80. The number of aryl methyl sites for hydroxylation is 2. The van der Waals surface area contributed by atoms with E-state index in [-0.39, 0.29) is 23.5 Å². The van der Waals surface area contributed by atoms with E-state index in [9.17, 15) is 14.0 Å². The van der Waals surface area contributed by atoms with E-state index in [1.54, 1.807) is 17.2 Å². The summed E-state index contributed by atoms with van der Waals surface area (Å²) in [5, 5.41) is 2.96. The molecule has 1 saturated heterocycles. The number of pyridine rings is 1. The predicted molar refractivity (Wildman–Crippen MR) is 127 cm³/mol. The largest absolute Gasteiger partial charge is 0.439 e. The Kier molecular flexibility index (Phi) is 7.21. The van der Waals surface area contributed by atoms with E-state index in [2.05, 4.69) is 10.3 Å². The number of hydrogen-bond donors (Lipinski definition) is 1. The summed E-state index contributed by atoms with van der Waals surface area (Å²) >= 11 is 0. The second kappa shape index (κ2) is 10.5. The quantitative estimate of drug-likeness (QED) is 0.573. The van der Waals surface area contributed by atoms with Crippen LogP contribution in [0.4, 0.5) is 4.39 Å². The minimum Gasteiger partial charge on any atom is -0.439 e. The summed E-state index contributed by atoms with van der Waals surface area (Å²) < 4.78 is 18.6. The van der Waals surface area contributed by atoms with Crippen LogP contribution in [0.15, 0.2) is 60.8 Å². The molecule has 34 heavy (non-hydrogen) atoms. The monoisotopic (exact) mass is 461 g/mol. The molecule has 0 radical (unpaired) electrons. The van der Waals surface area contributed by atoms with E-state index < -0.39 is 0 Å². The second-order valence-electron chi connectivity index (χ2n) is 8.75. The molecule has 0 bridgehead atoms. The fourth-order valence-electron chi connectivity index (χ4n) is 4.19. The van der Waals surface area contributed by atoms with Gasteiger partial charge in [-0.15, -0.1) is 0 Å². The molecule has 2 aromatic carbocycles. The molecule has 1 aliphatic rings. The average Bonchev–Trinajstić information content (AvgIpc) is 2.84. The summed E-state index contributed by atoms with van der Waals surface area (Å²) in [7, 11) is 0. The van der Waals surface area contributed by atoms with Crippen LogP contribution in [-0.4, -0.2) is 34.8 Å². The Labute approximate surface area is 198 Å². The zero-order valence-corrected chi connectivity index (χ0v) is 19.4. The third-order valence-corrected chi connectivity index (χ3v) is 5.85. The van der Waals surface area contributed by atoms with Crippen LogP contribution in [0.3, 0.4) is 0 Å². The Bertz CT molecular complexity index is 1140. The molecule has 176 valence electrons. The minimum absolute atomic E-state index is 0.0229. The molecular formula is C27H28FN3O3. The number of amides is 2. The first-order chi connectivity index (χ1) is 16.4. The first-order valence-corrected chi connectivity index (χ1v) is 11.4. The van der Waals surface area contributed by atoms with Crippen LogP contribution in [-0.2, 0) is 11.3 Å². The van der Waals surface area contributed by atoms with Crippen LogP contribution >= 0.6 is 0 Å². The molecule has 7 heteroatoms. The lowest BCUT2D eigenvalue weighted by molar-refractivity contribution is -0.126. The van der Waals surface area contributed by atoms with E-state index in [4.69, 9.17) is 4.74 Å². The third kappa shape index (κ3) is 5.98. The van der Waals surface area contributed by atoms with Crippen LogP contribution < -0.4 is 10.1 Å². The van der Waals surface area contributed by atoms with Gasteiger partial charge < -0.3 is 15.0 Å². The van der Waals surface area contributed by atoms with Crippen LogP contribution in [0, 0.1) is 25.6 Å². The van der Waals surface area contributed by atoms with Crippen molar-refractivity contribution in [2.75, 3.05) is 13.1 Å². The third-order valence-electron chi connectivity index (χ3n) is 5.85. The number of piperidine rings is 1.